The van der Waals surface area contributed by atoms with Crippen LogP contribution < -0.4 is 14.2 Å². The highest BCUT2D eigenvalue weighted by atomic mass is 32.2. The van der Waals surface area contributed by atoms with Crippen molar-refractivity contribution in [2.24, 2.45) is 0 Å². The first-order chi connectivity index (χ1) is 27.3. The van der Waals surface area contributed by atoms with Gasteiger partial charge in [0.1, 0.15) is 22.3 Å². The van der Waals surface area contributed by atoms with Crippen LogP contribution in [0.25, 0.3) is 71.7 Å². The molecule has 3 aromatic heterocycles. The van der Waals surface area contributed by atoms with E-state index >= 15 is 0 Å². The minimum atomic E-state index is -5.08. The Hall–Kier alpha value is -7.16. The monoisotopic (exact) mass is 801 g/mol. The van der Waals surface area contributed by atoms with Gasteiger partial charge < -0.3 is 23.1 Å². The molecule has 0 atom stereocenters. The average molecular weight is 802 g/mol. The summed E-state index contributed by atoms with van der Waals surface area (Å²) in [6.45, 7) is 3.43. The molecule has 0 unspecified atom stereocenters. The van der Waals surface area contributed by atoms with Crippen molar-refractivity contribution in [2.45, 2.75) is 0 Å². The third-order valence-corrected chi connectivity index (χ3v) is 10.7. The van der Waals surface area contributed by atoms with E-state index in [1.165, 1.54) is 36.4 Å². The van der Waals surface area contributed by atoms with Crippen LogP contribution in [0.3, 0.4) is 0 Å². The Morgan fingerprint density at radius 1 is 0.754 bits per heavy atom. The summed E-state index contributed by atoms with van der Waals surface area (Å²) in [7, 11) is -9.80. The quantitative estimate of drug-likeness (QED) is 0.0759. The summed E-state index contributed by atoms with van der Waals surface area (Å²) in [5.41, 5.74) is 6.74. The van der Waals surface area contributed by atoms with Crippen molar-refractivity contribution in [2.75, 3.05) is 10.8 Å². The summed E-state index contributed by atoms with van der Waals surface area (Å²) < 4.78 is 97.0. The third kappa shape index (κ3) is 6.16. The number of hydrogen-bond acceptors (Lipinski definition) is 10. The second-order valence-electron chi connectivity index (χ2n) is 12.9. The molecule has 5 aromatic carbocycles. The molecule has 0 saturated heterocycles. The predicted molar refractivity (Wildman–Crippen MR) is 210 cm³/mol. The van der Waals surface area contributed by atoms with Gasteiger partial charge in [-0.3, -0.25) is 14.0 Å². The number of hydrogen-bond donors (Lipinski definition) is 3. The van der Waals surface area contributed by atoms with Crippen molar-refractivity contribution < 1.29 is 58.4 Å². The van der Waals surface area contributed by atoms with E-state index < -0.39 is 37.1 Å². The number of aromatic carboxylic acids is 1. The first-order valence-corrected chi connectivity index (χ1v) is 19.9. The Bertz CT molecular complexity index is 3450. The molecular weight excluding hydrogens is 777 g/mol. The van der Waals surface area contributed by atoms with Crippen LogP contribution in [0.1, 0.15) is 21.8 Å². The predicted octanol–water partition coefficient (Wildman–Crippen LogP) is 7.97. The molecule has 282 valence electrons. The fourth-order valence-corrected chi connectivity index (χ4v) is 8.21. The lowest BCUT2D eigenvalue weighted by Gasteiger charge is -2.17. The number of ether oxygens (including phenoxy) is 1. The van der Waals surface area contributed by atoms with E-state index in [4.69, 9.17) is 18.0 Å². The number of carboxylic acids is 1. The molecule has 0 aliphatic carbocycles. The molecule has 0 spiro atoms. The molecule has 9 rings (SSSR count). The zero-order valence-corrected chi connectivity index (χ0v) is 30.7. The van der Waals surface area contributed by atoms with Gasteiger partial charge in [-0.15, -0.1) is 0 Å². The molecule has 0 saturated carbocycles. The van der Waals surface area contributed by atoms with Gasteiger partial charge in [0, 0.05) is 39.4 Å². The van der Waals surface area contributed by atoms with Gasteiger partial charge in [0.2, 0.25) is 11.5 Å². The van der Waals surface area contributed by atoms with Crippen LogP contribution in [0.5, 0.6) is 5.75 Å². The lowest BCUT2D eigenvalue weighted by molar-refractivity contribution is -0.553. The number of aromatic nitrogens is 1. The van der Waals surface area contributed by atoms with E-state index in [0.29, 0.717) is 33.1 Å². The van der Waals surface area contributed by atoms with Gasteiger partial charge in [-0.05, 0) is 48.0 Å². The number of nitrogens with zero attached hydrogens (tertiary/aromatic N) is 2. The van der Waals surface area contributed by atoms with Gasteiger partial charge in [-0.2, -0.15) is 16.8 Å². The fraction of sp³-hybridized carbons (Fsp3) is 0.0244. The molecule has 3 N–H and O–H groups in total. The molecule has 0 radical (unpaired) electrons. The van der Waals surface area contributed by atoms with Crippen molar-refractivity contribution in [1.82, 2.24) is 0 Å². The maximum atomic E-state index is 12.9. The molecule has 14 nitrogen and oxygen atoms in total. The standard InChI is InChI=1S/C41H24N2O12S2/c1-2-9-40(57(49,50)51)43-31-21-35-29(26-12-6-8-15-33(26)53-35)19-37(31)55-39(43)17-23(24-10-3-4-13-27(24)41(44)45)16-38-42(22-56(46,47)48)30-20-34-28(18-36(30)54-38)25-11-5-7-14-32(25)52-34/h3-8,10-21H,1,22H2,(H2-,44,45,46,47,48,49,50,51)/p+1. The molecule has 4 heterocycles. The van der Waals surface area contributed by atoms with Crippen LogP contribution in [-0.4, -0.2) is 42.9 Å². The molecule has 16 heteroatoms. The van der Waals surface area contributed by atoms with E-state index in [-0.39, 0.29) is 51.0 Å². The Balaban J connectivity index is 1.33. The van der Waals surface area contributed by atoms with E-state index in [1.807, 2.05) is 24.3 Å². The molecule has 57 heavy (non-hydrogen) atoms. The third-order valence-electron chi connectivity index (χ3n) is 9.33. The van der Waals surface area contributed by atoms with Gasteiger partial charge in [0.15, 0.2) is 11.6 Å². The number of carboxylic acid groups (broad SMARTS) is 1. The number of oxazole rings is 1. The first-order valence-electron chi connectivity index (χ1n) is 16.8. The maximum Gasteiger partial charge on any atom is 0.385 e. The molecule has 0 fully saturated rings. The number of para-hydroxylation sites is 2. The summed E-state index contributed by atoms with van der Waals surface area (Å²) in [4.78, 5) is 13.8. The maximum absolute atomic E-state index is 12.9. The number of carbonyl (C=O) groups is 1. The van der Waals surface area contributed by atoms with Crippen LogP contribution in [0.15, 0.2) is 140 Å². The van der Waals surface area contributed by atoms with Crippen molar-refractivity contribution in [3.63, 3.8) is 0 Å². The normalized spacial score (nSPS) is 14.1. The second kappa shape index (κ2) is 13.0. The zero-order chi connectivity index (χ0) is 39.8. The highest BCUT2D eigenvalue weighted by molar-refractivity contribution is 7.94. The zero-order valence-electron chi connectivity index (χ0n) is 29.0. The first kappa shape index (κ1) is 35.5. The Kier molecular flexibility index (Phi) is 8.09. The van der Waals surface area contributed by atoms with E-state index in [1.54, 1.807) is 48.5 Å². The summed E-state index contributed by atoms with van der Waals surface area (Å²) >= 11 is 0. The average Bonchev–Trinajstić information content (AvgIpc) is 3.90. The summed E-state index contributed by atoms with van der Waals surface area (Å²) in [6, 6.07) is 26.7. The minimum absolute atomic E-state index is 0.00416. The minimum Gasteiger partial charge on any atom is -0.478 e. The van der Waals surface area contributed by atoms with Crippen molar-refractivity contribution >= 4 is 104 Å². The number of benzene rings is 5. The van der Waals surface area contributed by atoms with Crippen LogP contribution in [0.4, 0.5) is 5.69 Å². The highest BCUT2D eigenvalue weighted by Gasteiger charge is 2.37. The lowest BCUT2D eigenvalue weighted by atomic mass is 9.99. The van der Waals surface area contributed by atoms with Gasteiger partial charge >= 0.3 is 27.0 Å². The van der Waals surface area contributed by atoms with Crippen LogP contribution in [-0.2, 0) is 20.2 Å². The lowest BCUT2D eigenvalue weighted by Crippen LogP contribution is -2.37. The fourth-order valence-electron chi connectivity index (χ4n) is 7.00. The van der Waals surface area contributed by atoms with Crippen molar-refractivity contribution in [1.29, 1.82) is 0 Å². The SMILES string of the molecule is C=C=C=C([n+]1c(C=C(C=C2Oc3cc4c(cc3N2CS(=O)(=O)O)oc2ccccc24)c2ccccc2C(=O)O)oc2cc3c(cc21)oc1ccccc13)S(=O)(=O)O. The Labute approximate surface area is 321 Å². The van der Waals surface area contributed by atoms with Crippen LogP contribution in [0, 0.1) is 0 Å². The van der Waals surface area contributed by atoms with Gasteiger partial charge in [-0.25, -0.2) is 4.79 Å². The number of allylic oxidation sites excluding steroid dienone is 2. The molecule has 1 aliphatic heterocycles. The van der Waals surface area contributed by atoms with Gasteiger partial charge in [-0.1, -0.05) is 64.9 Å². The summed E-state index contributed by atoms with van der Waals surface area (Å²) in [6.07, 6.45) is 2.59. The van der Waals surface area contributed by atoms with E-state index in [0.717, 1.165) is 20.2 Å². The van der Waals surface area contributed by atoms with E-state index in [2.05, 4.69) is 18.0 Å². The molecule has 8 aromatic rings. The van der Waals surface area contributed by atoms with Crippen LogP contribution >= 0.6 is 0 Å². The Morgan fingerprint density at radius 2 is 1.37 bits per heavy atom. The smallest absolute Gasteiger partial charge is 0.385 e. The molecule has 1 aliphatic rings. The van der Waals surface area contributed by atoms with E-state index in [9.17, 15) is 35.8 Å². The molecule has 0 amide bonds. The topological polar surface area (TPSA) is 202 Å². The number of rotatable bonds is 8. The van der Waals surface area contributed by atoms with Gasteiger partial charge in [0.05, 0.1) is 23.4 Å². The molecule has 0 bridgehead atoms. The van der Waals surface area contributed by atoms with Crippen molar-refractivity contribution in [3.05, 3.63) is 144 Å². The number of fused-ring (bicyclic) bond motifs is 8. The van der Waals surface area contributed by atoms with Gasteiger partial charge in [0.25, 0.3) is 15.6 Å². The van der Waals surface area contributed by atoms with Crippen molar-refractivity contribution in [3.8, 4) is 5.75 Å². The number of anilines is 1. The van der Waals surface area contributed by atoms with Crippen LogP contribution in [0.2, 0.25) is 0 Å². The summed E-state index contributed by atoms with van der Waals surface area (Å²) in [5.74, 6) is -2.57. The summed E-state index contributed by atoms with van der Waals surface area (Å²) in [5, 5.41) is 12.2. The largest absolute Gasteiger partial charge is 0.478 e. The number of furan rings is 2. The molecular formula is C41H25N2O12S2+. The highest BCUT2D eigenvalue weighted by Crippen LogP contribution is 2.45. The Morgan fingerprint density at radius 3 is 2.00 bits per heavy atom. The second-order valence-corrected chi connectivity index (χ2v) is 15.6.